The van der Waals surface area contributed by atoms with E-state index in [1.54, 1.807) is 6.08 Å². The van der Waals surface area contributed by atoms with Crippen LogP contribution < -0.4 is 0 Å². The normalized spacial score (nSPS) is 13.6. The SMILES string of the molecule is C=CCC(CCC)C(O)O. The first-order valence-electron chi connectivity index (χ1n) is 3.69. The van der Waals surface area contributed by atoms with Crippen LogP contribution in [0.3, 0.4) is 0 Å². The molecule has 0 bridgehead atoms. The zero-order valence-corrected chi connectivity index (χ0v) is 6.45. The van der Waals surface area contributed by atoms with Crippen LogP contribution in [0.15, 0.2) is 12.7 Å². The number of allylic oxidation sites excluding steroid dienone is 1. The molecular formula is C8H16O2. The zero-order valence-electron chi connectivity index (χ0n) is 6.45. The van der Waals surface area contributed by atoms with Crippen LogP contribution in [0.1, 0.15) is 26.2 Å². The van der Waals surface area contributed by atoms with Crippen LogP contribution in [-0.2, 0) is 0 Å². The molecule has 60 valence electrons. The van der Waals surface area contributed by atoms with Gasteiger partial charge in [-0.25, -0.2) is 0 Å². The molecule has 0 saturated carbocycles. The summed E-state index contributed by atoms with van der Waals surface area (Å²) in [7, 11) is 0. The maximum atomic E-state index is 8.78. The van der Waals surface area contributed by atoms with E-state index in [4.69, 9.17) is 10.2 Å². The predicted octanol–water partition coefficient (Wildman–Crippen LogP) is 1.29. The van der Waals surface area contributed by atoms with Gasteiger partial charge in [0.2, 0.25) is 0 Å². The molecule has 0 aliphatic heterocycles. The van der Waals surface area contributed by atoms with Gasteiger partial charge in [-0.2, -0.15) is 0 Å². The van der Waals surface area contributed by atoms with Crippen molar-refractivity contribution >= 4 is 0 Å². The van der Waals surface area contributed by atoms with E-state index in [2.05, 4.69) is 6.58 Å². The van der Waals surface area contributed by atoms with Gasteiger partial charge in [0.05, 0.1) is 0 Å². The Kier molecular flexibility index (Phi) is 5.26. The van der Waals surface area contributed by atoms with Gasteiger partial charge >= 0.3 is 0 Å². The predicted molar refractivity (Wildman–Crippen MR) is 41.4 cm³/mol. The minimum Gasteiger partial charge on any atom is -0.368 e. The fourth-order valence-electron chi connectivity index (χ4n) is 0.974. The molecule has 0 amide bonds. The second-order valence-corrected chi connectivity index (χ2v) is 2.49. The summed E-state index contributed by atoms with van der Waals surface area (Å²) in [5, 5.41) is 17.6. The molecule has 0 aromatic heterocycles. The first-order valence-corrected chi connectivity index (χ1v) is 3.69. The second-order valence-electron chi connectivity index (χ2n) is 2.49. The van der Waals surface area contributed by atoms with E-state index in [1.807, 2.05) is 6.92 Å². The molecule has 2 N–H and O–H groups in total. The Balaban J connectivity index is 3.60. The van der Waals surface area contributed by atoms with Crippen molar-refractivity contribution in [3.8, 4) is 0 Å². The highest BCUT2D eigenvalue weighted by Crippen LogP contribution is 2.14. The Bertz CT molecular complexity index is 89.3. The fraction of sp³-hybridized carbons (Fsp3) is 0.750. The molecule has 0 aliphatic rings. The second kappa shape index (κ2) is 5.45. The van der Waals surface area contributed by atoms with Crippen LogP contribution in [0.5, 0.6) is 0 Å². The Morgan fingerprint density at radius 3 is 2.40 bits per heavy atom. The van der Waals surface area contributed by atoms with Gasteiger partial charge < -0.3 is 10.2 Å². The molecule has 0 spiro atoms. The minimum atomic E-state index is -1.18. The molecule has 2 heteroatoms. The Morgan fingerprint density at radius 2 is 2.10 bits per heavy atom. The Labute approximate surface area is 62.2 Å². The summed E-state index contributed by atoms with van der Waals surface area (Å²) in [5.41, 5.74) is 0. The van der Waals surface area contributed by atoms with Crippen molar-refractivity contribution in [2.24, 2.45) is 5.92 Å². The lowest BCUT2D eigenvalue weighted by Gasteiger charge is -2.15. The summed E-state index contributed by atoms with van der Waals surface area (Å²) in [6, 6.07) is 0. The van der Waals surface area contributed by atoms with E-state index in [9.17, 15) is 0 Å². The van der Waals surface area contributed by atoms with Crippen molar-refractivity contribution < 1.29 is 10.2 Å². The Hall–Kier alpha value is -0.340. The summed E-state index contributed by atoms with van der Waals surface area (Å²) in [4.78, 5) is 0. The molecule has 0 aromatic rings. The van der Waals surface area contributed by atoms with Crippen molar-refractivity contribution in [3.63, 3.8) is 0 Å². The smallest absolute Gasteiger partial charge is 0.154 e. The number of hydrogen-bond donors (Lipinski definition) is 2. The van der Waals surface area contributed by atoms with Crippen molar-refractivity contribution in [3.05, 3.63) is 12.7 Å². The molecule has 0 radical (unpaired) electrons. The average molecular weight is 144 g/mol. The standard InChI is InChI=1S/C8H16O2/c1-3-5-7(6-4-2)8(9)10/h3,7-10H,1,4-6H2,2H3. The first-order chi connectivity index (χ1) is 4.72. The Morgan fingerprint density at radius 1 is 1.50 bits per heavy atom. The lowest BCUT2D eigenvalue weighted by molar-refractivity contribution is -0.0849. The van der Waals surface area contributed by atoms with Gasteiger partial charge in [-0.05, 0) is 12.8 Å². The molecule has 2 nitrogen and oxygen atoms in total. The van der Waals surface area contributed by atoms with Gasteiger partial charge in [0.1, 0.15) is 0 Å². The fourth-order valence-corrected chi connectivity index (χ4v) is 0.974. The van der Waals surface area contributed by atoms with Gasteiger partial charge in [-0.3, -0.25) is 0 Å². The zero-order chi connectivity index (χ0) is 7.98. The van der Waals surface area contributed by atoms with Crippen molar-refractivity contribution in [1.82, 2.24) is 0 Å². The van der Waals surface area contributed by atoms with Crippen LogP contribution in [0, 0.1) is 5.92 Å². The molecule has 0 saturated heterocycles. The molecule has 0 aliphatic carbocycles. The van der Waals surface area contributed by atoms with Crippen molar-refractivity contribution in [1.29, 1.82) is 0 Å². The van der Waals surface area contributed by atoms with Gasteiger partial charge in [0.25, 0.3) is 0 Å². The third-order valence-corrected chi connectivity index (χ3v) is 1.55. The van der Waals surface area contributed by atoms with Crippen molar-refractivity contribution in [2.75, 3.05) is 0 Å². The number of hydrogen-bond acceptors (Lipinski definition) is 2. The van der Waals surface area contributed by atoms with Crippen LogP contribution >= 0.6 is 0 Å². The van der Waals surface area contributed by atoms with E-state index in [1.165, 1.54) is 0 Å². The molecule has 0 aromatic carbocycles. The van der Waals surface area contributed by atoms with E-state index in [-0.39, 0.29) is 5.92 Å². The molecule has 0 heterocycles. The highest BCUT2D eigenvalue weighted by molar-refractivity contribution is 4.73. The summed E-state index contributed by atoms with van der Waals surface area (Å²) >= 11 is 0. The lowest BCUT2D eigenvalue weighted by Crippen LogP contribution is -2.18. The quantitative estimate of drug-likeness (QED) is 0.451. The molecule has 1 unspecified atom stereocenters. The topological polar surface area (TPSA) is 40.5 Å². The van der Waals surface area contributed by atoms with E-state index < -0.39 is 6.29 Å². The van der Waals surface area contributed by atoms with Gasteiger partial charge in [-0.1, -0.05) is 19.4 Å². The molecule has 1 atom stereocenters. The van der Waals surface area contributed by atoms with E-state index >= 15 is 0 Å². The monoisotopic (exact) mass is 144 g/mol. The molecule has 0 rings (SSSR count). The maximum absolute atomic E-state index is 8.78. The van der Waals surface area contributed by atoms with Gasteiger partial charge in [-0.15, -0.1) is 6.58 Å². The van der Waals surface area contributed by atoms with Crippen LogP contribution in [-0.4, -0.2) is 16.5 Å². The minimum absolute atomic E-state index is 0.0255. The van der Waals surface area contributed by atoms with Crippen LogP contribution in [0.2, 0.25) is 0 Å². The number of aliphatic hydroxyl groups is 2. The lowest BCUT2D eigenvalue weighted by atomic mass is 9.99. The molecule has 0 fully saturated rings. The summed E-state index contributed by atoms with van der Waals surface area (Å²) in [5.74, 6) is -0.0255. The third-order valence-electron chi connectivity index (χ3n) is 1.55. The average Bonchev–Trinajstić information content (AvgIpc) is 1.87. The van der Waals surface area contributed by atoms with Crippen LogP contribution in [0.25, 0.3) is 0 Å². The highest BCUT2D eigenvalue weighted by atomic mass is 16.5. The molecular weight excluding hydrogens is 128 g/mol. The summed E-state index contributed by atoms with van der Waals surface area (Å²) in [6.07, 6.45) is 3.06. The highest BCUT2D eigenvalue weighted by Gasteiger charge is 2.12. The van der Waals surface area contributed by atoms with Crippen LogP contribution in [0.4, 0.5) is 0 Å². The summed E-state index contributed by atoms with van der Waals surface area (Å²) < 4.78 is 0. The molecule has 10 heavy (non-hydrogen) atoms. The third kappa shape index (κ3) is 3.64. The largest absolute Gasteiger partial charge is 0.368 e. The van der Waals surface area contributed by atoms with Crippen molar-refractivity contribution in [2.45, 2.75) is 32.5 Å². The van der Waals surface area contributed by atoms with E-state index in [0.717, 1.165) is 12.8 Å². The number of aliphatic hydroxyl groups excluding tert-OH is 1. The number of rotatable bonds is 5. The van der Waals surface area contributed by atoms with Gasteiger partial charge in [0.15, 0.2) is 6.29 Å². The summed E-state index contributed by atoms with van der Waals surface area (Å²) in [6.45, 7) is 5.57. The first kappa shape index (κ1) is 9.66. The van der Waals surface area contributed by atoms with Gasteiger partial charge in [0, 0.05) is 5.92 Å². The van der Waals surface area contributed by atoms with E-state index in [0.29, 0.717) is 6.42 Å². The maximum Gasteiger partial charge on any atom is 0.154 e.